The molecule has 1 atom stereocenters. The number of carbonyl (C=O) groups excluding carboxylic acids is 1. The number of para-hydroxylation sites is 1. The second-order valence-electron chi connectivity index (χ2n) is 7.28. The van der Waals surface area contributed by atoms with Crippen molar-refractivity contribution in [1.82, 2.24) is 5.32 Å². The molecular weight excluding hydrogens is 388 g/mol. The summed E-state index contributed by atoms with van der Waals surface area (Å²) in [7, 11) is -3.59. The summed E-state index contributed by atoms with van der Waals surface area (Å²) >= 11 is 0. The van der Waals surface area contributed by atoms with Crippen LogP contribution in [0.5, 0.6) is 5.75 Å². The number of ether oxygens (including phenoxy) is 1. The van der Waals surface area contributed by atoms with Crippen molar-refractivity contribution in [1.29, 1.82) is 0 Å². The van der Waals surface area contributed by atoms with Gasteiger partial charge in [-0.15, -0.1) is 0 Å². The molecule has 1 amide bonds. The van der Waals surface area contributed by atoms with Crippen LogP contribution in [0, 0.1) is 0 Å². The van der Waals surface area contributed by atoms with E-state index >= 15 is 0 Å². The molecule has 6 nitrogen and oxygen atoms in total. The average molecular weight is 419 g/mol. The third kappa shape index (κ3) is 7.09. The minimum Gasteiger partial charge on any atom is -0.491 e. The molecule has 0 radical (unpaired) electrons. The fourth-order valence-electron chi connectivity index (χ4n) is 3.08. The first-order valence-electron chi connectivity index (χ1n) is 9.76. The van der Waals surface area contributed by atoms with E-state index in [9.17, 15) is 13.2 Å². The molecule has 0 aliphatic rings. The zero-order chi connectivity index (χ0) is 21.4. The molecule has 0 heterocycles. The van der Waals surface area contributed by atoms with Gasteiger partial charge in [-0.2, -0.15) is 0 Å². The second kappa shape index (κ2) is 10.3. The SMILES string of the molecule is CC(C)Oc1cccc(CCCNC(=O)[C@H](C)N(c2ccccc2)S(C)(=O)=O)c1. The van der Waals surface area contributed by atoms with Crippen LogP contribution in [0.4, 0.5) is 5.69 Å². The maximum atomic E-state index is 12.6. The first kappa shape index (κ1) is 22.7. The molecule has 0 aromatic heterocycles. The fourth-order valence-corrected chi connectivity index (χ4v) is 4.26. The third-order valence-electron chi connectivity index (χ3n) is 4.31. The van der Waals surface area contributed by atoms with Crippen molar-refractivity contribution >= 4 is 21.6 Å². The van der Waals surface area contributed by atoms with E-state index in [0.29, 0.717) is 12.2 Å². The molecule has 2 rings (SSSR count). The monoisotopic (exact) mass is 418 g/mol. The molecule has 0 bridgehead atoms. The number of hydrogen-bond acceptors (Lipinski definition) is 4. The van der Waals surface area contributed by atoms with Crippen molar-refractivity contribution in [2.75, 3.05) is 17.1 Å². The molecule has 2 aromatic rings. The van der Waals surface area contributed by atoms with Gasteiger partial charge in [0.15, 0.2) is 0 Å². The Hall–Kier alpha value is -2.54. The first-order valence-corrected chi connectivity index (χ1v) is 11.6. The van der Waals surface area contributed by atoms with Crippen LogP contribution < -0.4 is 14.4 Å². The number of aryl methyl sites for hydroxylation is 1. The lowest BCUT2D eigenvalue weighted by molar-refractivity contribution is -0.121. The highest BCUT2D eigenvalue weighted by molar-refractivity contribution is 7.92. The summed E-state index contributed by atoms with van der Waals surface area (Å²) in [5.41, 5.74) is 1.60. The number of nitrogens with one attached hydrogen (secondary N) is 1. The Morgan fingerprint density at radius 3 is 2.38 bits per heavy atom. The zero-order valence-electron chi connectivity index (χ0n) is 17.5. The number of nitrogens with zero attached hydrogens (tertiary/aromatic N) is 1. The van der Waals surface area contributed by atoms with Crippen molar-refractivity contribution in [2.24, 2.45) is 0 Å². The molecule has 158 valence electrons. The van der Waals surface area contributed by atoms with E-state index in [4.69, 9.17) is 4.74 Å². The molecule has 7 heteroatoms. The highest BCUT2D eigenvalue weighted by Crippen LogP contribution is 2.20. The topological polar surface area (TPSA) is 75.7 Å². The van der Waals surface area contributed by atoms with Gasteiger partial charge in [-0.25, -0.2) is 8.42 Å². The highest BCUT2D eigenvalue weighted by Gasteiger charge is 2.28. The summed E-state index contributed by atoms with van der Waals surface area (Å²) in [6.07, 6.45) is 2.76. The standard InChI is InChI=1S/C22H30N2O4S/c1-17(2)28-21-14-8-10-19(16-21)11-9-15-23-22(25)18(3)24(29(4,26)27)20-12-6-5-7-13-20/h5-8,10,12-14,16-18H,9,11,15H2,1-4H3,(H,23,25)/t18-/m0/s1. The van der Waals surface area contributed by atoms with Gasteiger partial charge in [0.1, 0.15) is 11.8 Å². The summed E-state index contributed by atoms with van der Waals surface area (Å²) in [6.45, 7) is 6.03. The number of hydrogen-bond donors (Lipinski definition) is 1. The van der Waals surface area contributed by atoms with E-state index in [2.05, 4.69) is 5.32 Å². The summed E-state index contributed by atoms with van der Waals surface area (Å²) in [5.74, 6) is 0.512. The maximum absolute atomic E-state index is 12.6. The predicted octanol–water partition coefficient (Wildman–Crippen LogP) is 3.38. The number of anilines is 1. The fraction of sp³-hybridized carbons (Fsp3) is 0.409. The molecule has 2 aromatic carbocycles. The number of sulfonamides is 1. The van der Waals surface area contributed by atoms with E-state index in [1.54, 1.807) is 37.3 Å². The van der Waals surface area contributed by atoms with Crippen molar-refractivity contribution in [2.45, 2.75) is 45.8 Å². The second-order valence-corrected chi connectivity index (χ2v) is 9.14. The highest BCUT2D eigenvalue weighted by atomic mass is 32.2. The Morgan fingerprint density at radius 2 is 1.76 bits per heavy atom. The number of carbonyl (C=O) groups is 1. The largest absolute Gasteiger partial charge is 0.491 e. The quantitative estimate of drug-likeness (QED) is 0.600. The van der Waals surface area contributed by atoms with Gasteiger partial charge in [0.25, 0.3) is 0 Å². The molecule has 0 aliphatic carbocycles. The lowest BCUT2D eigenvalue weighted by atomic mass is 10.1. The number of benzene rings is 2. The van der Waals surface area contributed by atoms with Crippen LogP contribution in [0.1, 0.15) is 32.8 Å². The zero-order valence-corrected chi connectivity index (χ0v) is 18.3. The van der Waals surface area contributed by atoms with Crippen LogP contribution >= 0.6 is 0 Å². The lowest BCUT2D eigenvalue weighted by Gasteiger charge is -2.28. The van der Waals surface area contributed by atoms with Gasteiger partial charge in [-0.05, 0) is 63.4 Å². The Morgan fingerprint density at radius 1 is 1.07 bits per heavy atom. The molecule has 29 heavy (non-hydrogen) atoms. The molecule has 0 saturated carbocycles. The molecule has 0 spiro atoms. The Bertz CT molecular complexity index is 898. The molecule has 0 unspecified atom stereocenters. The Kier molecular flexibility index (Phi) is 8.08. The van der Waals surface area contributed by atoms with E-state index < -0.39 is 16.1 Å². The van der Waals surface area contributed by atoms with Crippen molar-refractivity contribution in [3.05, 3.63) is 60.2 Å². The van der Waals surface area contributed by atoms with Crippen LogP contribution in [0.3, 0.4) is 0 Å². The maximum Gasteiger partial charge on any atom is 0.243 e. The van der Waals surface area contributed by atoms with Crippen molar-refractivity contribution in [3.8, 4) is 5.75 Å². The predicted molar refractivity (Wildman–Crippen MR) is 117 cm³/mol. The molecule has 0 fully saturated rings. The molecule has 0 aliphatic heterocycles. The molecule has 0 saturated heterocycles. The van der Waals surface area contributed by atoms with Gasteiger partial charge >= 0.3 is 0 Å². The van der Waals surface area contributed by atoms with Crippen LogP contribution in [0.2, 0.25) is 0 Å². The van der Waals surface area contributed by atoms with Gasteiger partial charge in [-0.3, -0.25) is 9.10 Å². The van der Waals surface area contributed by atoms with Gasteiger partial charge in [0.2, 0.25) is 15.9 Å². The Labute approximate surface area is 173 Å². The first-order chi connectivity index (χ1) is 13.7. The molecular formula is C22H30N2O4S. The third-order valence-corrected chi connectivity index (χ3v) is 5.55. The van der Waals surface area contributed by atoms with Gasteiger partial charge in [0.05, 0.1) is 18.0 Å². The minimum atomic E-state index is -3.59. The summed E-state index contributed by atoms with van der Waals surface area (Å²) in [5, 5.41) is 2.85. The summed E-state index contributed by atoms with van der Waals surface area (Å²) < 4.78 is 31.3. The van der Waals surface area contributed by atoms with Gasteiger partial charge < -0.3 is 10.1 Å². The van der Waals surface area contributed by atoms with Crippen LogP contribution in [0.25, 0.3) is 0 Å². The van der Waals surface area contributed by atoms with Crippen molar-refractivity contribution < 1.29 is 17.9 Å². The lowest BCUT2D eigenvalue weighted by Crippen LogP contribution is -2.48. The smallest absolute Gasteiger partial charge is 0.243 e. The Balaban J connectivity index is 1.91. The van der Waals surface area contributed by atoms with Crippen molar-refractivity contribution in [3.63, 3.8) is 0 Å². The van der Waals surface area contributed by atoms with Crippen LogP contribution in [-0.2, 0) is 21.2 Å². The summed E-state index contributed by atoms with van der Waals surface area (Å²) in [4.78, 5) is 12.6. The van der Waals surface area contributed by atoms with E-state index in [0.717, 1.165) is 34.7 Å². The van der Waals surface area contributed by atoms with E-state index in [1.165, 1.54) is 0 Å². The van der Waals surface area contributed by atoms with Crippen LogP contribution in [0.15, 0.2) is 54.6 Å². The normalized spacial score (nSPS) is 12.4. The average Bonchev–Trinajstić information content (AvgIpc) is 2.64. The van der Waals surface area contributed by atoms with E-state index in [1.807, 2.05) is 38.1 Å². The minimum absolute atomic E-state index is 0.119. The van der Waals surface area contributed by atoms with E-state index in [-0.39, 0.29) is 12.0 Å². The van der Waals surface area contributed by atoms with Gasteiger partial charge in [0, 0.05) is 6.54 Å². The number of amides is 1. The summed E-state index contributed by atoms with van der Waals surface area (Å²) in [6, 6.07) is 15.7. The van der Waals surface area contributed by atoms with Crippen LogP contribution in [-0.4, -0.2) is 39.3 Å². The van der Waals surface area contributed by atoms with Gasteiger partial charge in [-0.1, -0.05) is 30.3 Å². The number of rotatable bonds is 10. The molecule has 1 N–H and O–H groups in total.